The molecule has 256 valence electrons. The number of benzene rings is 9. The Bertz CT molecular complexity index is 3470. The maximum absolute atomic E-state index is 2.43. The number of rotatable bonds is 4. The molecule has 0 atom stereocenters. The van der Waals surface area contributed by atoms with Crippen molar-refractivity contribution in [1.29, 1.82) is 0 Å². The Hall–Kier alpha value is -6.94. The molecule has 55 heavy (non-hydrogen) atoms. The number of nitrogens with zero attached hydrogens (tertiary/aromatic N) is 2. The topological polar surface area (TPSA) is 9.86 Å². The SMILES string of the molecule is c1ccc(-n2c3ccccc3c3cc(-c4ccc(-c5ccc6c(c5)c5ccccc5n6-c5ccc6c(c5)sc5ccc7ccccc7c56)cc4)ccc32)cc1. The molecule has 9 aromatic carbocycles. The van der Waals surface area contributed by atoms with Crippen molar-refractivity contribution in [1.82, 2.24) is 9.13 Å². The first-order valence-corrected chi connectivity index (χ1v) is 19.7. The van der Waals surface area contributed by atoms with Crippen molar-refractivity contribution in [3.8, 4) is 33.6 Å². The lowest BCUT2D eigenvalue weighted by molar-refractivity contribution is 1.18. The fraction of sp³-hybridized carbons (Fsp3) is 0. The van der Waals surface area contributed by atoms with Gasteiger partial charge in [0.05, 0.1) is 22.1 Å². The van der Waals surface area contributed by atoms with E-state index < -0.39 is 0 Å². The molecule has 0 saturated carbocycles. The summed E-state index contributed by atoms with van der Waals surface area (Å²) in [6, 6.07) is 71.4. The Labute approximate surface area is 321 Å². The third kappa shape index (κ3) is 4.60. The average molecular weight is 717 g/mol. The summed E-state index contributed by atoms with van der Waals surface area (Å²) in [5.74, 6) is 0. The summed E-state index contributed by atoms with van der Waals surface area (Å²) in [4.78, 5) is 0. The monoisotopic (exact) mass is 716 g/mol. The minimum Gasteiger partial charge on any atom is -0.309 e. The van der Waals surface area contributed by atoms with Gasteiger partial charge < -0.3 is 9.13 Å². The van der Waals surface area contributed by atoms with Crippen molar-refractivity contribution in [3.05, 3.63) is 194 Å². The Kier molecular flexibility index (Phi) is 6.54. The first-order valence-electron chi connectivity index (χ1n) is 18.8. The first kappa shape index (κ1) is 30.5. The van der Waals surface area contributed by atoms with Gasteiger partial charge in [-0.05, 0) is 99.8 Å². The van der Waals surface area contributed by atoms with E-state index in [1.54, 1.807) is 0 Å². The van der Waals surface area contributed by atoms with Gasteiger partial charge in [-0.2, -0.15) is 0 Å². The molecule has 3 heterocycles. The normalized spacial score (nSPS) is 12.0. The highest BCUT2D eigenvalue weighted by molar-refractivity contribution is 7.26. The van der Waals surface area contributed by atoms with Gasteiger partial charge >= 0.3 is 0 Å². The van der Waals surface area contributed by atoms with E-state index in [0.717, 1.165) is 0 Å². The van der Waals surface area contributed by atoms with Gasteiger partial charge in [-0.1, -0.05) is 127 Å². The number of aromatic nitrogens is 2. The molecular formula is C52H32N2S. The van der Waals surface area contributed by atoms with E-state index >= 15 is 0 Å². The summed E-state index contributed by atoms with van der Waals surface area (Å²) in [5, 5.41) is 10.4. The molecule has 2 nitrogen and oxygen atoms in total. The molecule has 0 N–H and O–H groups in total. The van der Waals surface area contributed by atoms with Crippen LogP contribution in [0.5, 0.6) is 0 Å². The van der Waals surface area contributed by atoms with E-state index in [2.05, 4.69) is 203 Å². The van der Waals surface area contributed by atoms with Crippen LogP contribution in [0.3, 0.4) is 0 Å². The molecule has 0 fully saturated rings. The maximum Gasteiger partial charge on any atom is 0.0541 e. The lowest BCUT2D eigenvalue weighted by Crippen LogP contribution is -1.93. The van der Waals surface area contributed by atoms with Crippen molar-refractivity contribution in [2.24, 2.45) is 0 Å². The van der Waals surface area contributed by atoms with Crippen LogP contribution in [0.4, 0.5) is 0 Å². The number of thiophene rings is 1. The zero-order chi connectivity index (χ0) is 36.0. The van der Waals surface area contributed by atoms with Crippen LogP contribution >= 0.6 is 11.3 Å². The van der Waals surface area contributed by atoms with Crippen molar-refractivity contribution >= 4 is 85.9 Å². The molecule has 3 aromatic heterocycles. The molecule has 0 aliphatic carbocycles. The Morgan fingerprint density at radius 3 is 1.47 bits per heavy atom. The molecule has 0 amide bonds. The standard InChI is InChI=1S/C52H32N2S/c1-2-11-38(12-3-1)53-46-16-8-6-14-41(46)44-30-36(22-27-48(44)53)33-18-20-34(21-19-33)37-23-28-49-45(31-37)42-15-7-9-17-47(42)54(49)39-25-26-43-51(32-39)55-50-29-24-35-10-4-5-13-40(35)52(43)50/h1-32H. The molecule has 12 rings (SSSR count). The van der Waals surface area contributed by atoms with E-state index in [0.29, 0.717) is 0 Å². The fourth-order valence-electron chi connectivity index (χ4n) is 8.97. The molecular weight excluding hydrogens is 685 g/mol. The van der Waals surface area contributed by atoms with E-state index in [1.165, 1.54) is 108 Å². The van der Waals surface area contributed by atoms with Crippen LogP contribution in [0.2, 0.25) is 0 Å². The van der Waals surface area contributed by atoms with Crippen LogP contribution in [0.25, 0.3) is 108 Å². The predicted octanol–water partition coefficient (Wildman–Crippen LogP) is 14.7. The fourth-order valence-corrected chi connectivity index (χ4v) is 10.1. The maximum atomic E-state index is 2.43. The largest absolute Gasteiger partial charge is 0.309 e. The van der Waals surface area contributed by atoms with E-state index in [9.17, 15) is 0 Å². The van der Waals surface area contributed by atoms with Gasteiger partial charge in [-0.3, -0.25) is 0 Å². The summed E-state index contributed by atoms with van der Waals surface area (Å²) in [7, 11) is 0. The van der Waals surface area contributed by atoms with Gasteiger partial charge in [0.2, 0.25) is 0 Å². The highest BCUT2D eigenvalue weighted by Gasteiger charge is 2.17. The Balaban J connectivity index is 0.937. The number of hydrogen-bond donors (Lipinski definition) is 0. The molecule has 0 aliphatic rings. The zero-order valence-electron chi connectivity index (χ0n) is 29.8. The molecule has 0 spiro atoms. The second kappa shape index (κ2) is 11.8. The third-order valence-corrected chi connectivity index (χ3v) is 12.6. The summed E-state index contributed by atoms with van der Waals surface area (Å²) >= 11 is 1.88. The molecule has 0 bridgehead atoms. The van der Waals surface area contributed by atoms with Crippen molar-refractivity contribution in [2.75, 3.05) is 0 Å². The summed E-state index contributed by atoms with van der Waals surface area (Å²) in [6.07, 6.45) is 0. The summed E-state index contributed by atoms with van der Waals surface area (Å²) < 4.78 is 7.45. The quantitative estimate of drug-likeness (QED) is 0.172. The predicted molar refractivity (Wildman–Crippen MR) is 236 cm³/mol. The van der Waals surface area contributed by atoms with Crippen LogP contribution in [-0.4, -0.2) is 9.13 Å². The summed E-state index contributed by atoms with van der Waals surface area (Å²) in [5.41, 5.74) is 12.1. The Morgan fingerprint density at radius 2 is 0.818 bits per heavy atom. The van der Waals surface area contributed by atoms with Crippen molar-refractivity contribution in [3.63, 3.8) is 0 Å². The van der Waals surface area contributed by atoms with E-state index in [-0.39, 0.29) is 0 Å². The zero-order valence-corrected chi connectivity index (χ0v) is 30.6. The van der Waals surface area contributed by atoms with E-state index in [1.807, 2.05) is 11.3 Å². The van der Waals surface area contributed by atoms with Crippen LogP contribution in [0.15, 0.2) is 194 Å². The lowest BCUT2D eigenvalue weighted by Gasteiger charge is -2.10. The lowest BCUT2D eigenvalue weighted by atomic mass is 9.98. The van der Waals surface area contributed by atoms with Crippen molar-refractivity contribution in [2.45, 2.75) is 0 Å². The summed E-state index contributed by atoms with van der Waals surface area (Å²) in [6.45, 7) is 0. The molecule has 12 aromatic rings. The van der Waals surface area contributed by atoms with Gasteiger partial charge in [0, 0.05) is 53.1 Å². The minimum absolute atomic E-state index is 1.18. The van der Waals surface area contributed by atoms with Gasteiger partial charge in [-0.25, -0.2) is 0 Å². The highest BCUT2D eigenvalue weighted by Crippen LogP contribution is 2.42. The van der Waals surface area contributed by atoms with Crippen LogP contribution in [0, 0.1) is 0 Å². The first-order chi connectivity index (χ1) is 27.3. The van der Waals surface area contributed by atoms with Gasteiger partial charge in [-0.15, -0.1) is 11.3 Å². The van der Waals surface area contributed by atoms with Crippen LogP contribution in [-0.2, 0) is 0 Å². The van der Waals surface area contributed by atoms with Gasteiger partial charge in [0.25, 0.3) is 0 Å². The highest BCUT2D eigenvalue weighted by atomic mass is 32.1. The molecule has 0 unspecified atom stereocenters. The van der Waals surface area contributed by atoms with Crippen LogP contribution < -0.4 is 0 Å². The average Bonchev–Trinajstić information content (AvgIpc) is 3.91. The number of para-hydroxylation sites is 3. The van der Waals surface area contributed by atoms with Crippen LogP contribution in [0.1, 0.15) is 0 Å². The second-order valence-corrected chi connectivity index (χ2v) is 15.6. The smallest absolute Gasteiger partial charge is 0.0541 e. The number of hydrogen-bond acceptors (Lipinski definition) is 1. The minimum atomic E-state index is 1.18. The van der Waals surface area contributed by atoms with Gasteiger partial charge in [0.15, 0.2) is 0 Å². The van der Waals surface area contributed by atoms with Crippen molar-refractivity contribution < 1.29 is 0 Å². The number of fused-ring (bicyclic) bond motifs is 11. The molecule has 0 saturated heterocycles. The molecule has 0 radical (unpaired) electrons. The van der Waals surface area contributed by atoms with Gasteiger partial charge in [0.1, 0.15) is 0 Å². The second-order valence-electron chi connectivity index (χ2n) is 14.5. The Morgan fingerprint density at radius 1 is 0.291 bits per heavy atom. The third-order valence-electron chi connectivity index (χ3n) is 11.5. The molecule has 3 heteroatoms. The van der Waals surface area contributed by atoms with E-state index in [4.69, 9.17) is 0 Å². The molecule has 0 aliphatic heterocycles.